The number of hydrogen-bond donors (Lipinski definition) is 0. The number of benzene rings is 2. The fourth-order valence-corrected chi connectivity index (χ4v) is 3.01. The summed E-state index contributed by atoms with van der Waals surface area (Å²) in [6.07, 6.45) is 3.19. The Morgan fingerprint density at radius 1 is 1.00 bits per heavy atom. The Hall–Kier alpha value is -1.76. The van der Waals surface area contributed by atoms with Gasteiger partial charge in [-0.1, -0.05) is 34.1 Å². The smallest absolute Gasteiger partial charge is 0.242 e. The summed E-state index contributed by atoms with van der Waals surface area (Å²) >= 11 is 3.35. The lowest BCUT2D eigenvalue weighted by atomic mass is 10.1. The Balaban J connectivity index is 2.16. The lowest BCUT2D eigenvalue weighted by Crippen LogP contribution is -2.22. The van der Waals surface area contributed by atoms with E-state index in [1.54, 1.807) is 6.08 Å². The average molecular weight is 394 g/mol. The predicted molar refractivity (Wildman–Crippen MR) is 94.8 cm³/mol. The zero-order chi connectivity index (χ0) is 17.0. The highest BCUT2D eigenvalue weighted by Gasteiger charge is 2.17. The fourth-order valence-electron chi connectivity index (χ4n) is 1.84. The molecule has 0 N–H and O–H groups in total. The van der Waals surface area contributed by atoms with Crippen molar-refractivity contribution in [2.24, 2.45) is 0 Å². The van der Waals surface area contributed by atoms with E-state index in [2.05, 4.69) is 15.9 Å². The molecule has 0 atom stereocenters. The first-order valence-electron chi connectivity index (χ1n) is 6.81. The van der Waals surface area contributed by atoms with E-state index in [-0.39, 0.29) is 10.7 Å². The maximum atomic E-state index is 12.1. The van der Waals surface area contributed by atoms with Crippen molar-refractivity contribution in [2.45, 2.75) is 4.90 Å². The number of hydrogen-bond acceptors (Lipinski definition) is 3. The first-order chi connectivity index (χ1) is 10.8. The summed E-state index contributed by atoms with van der Waals surface area (Å²) in [7, 11) is -0.544. The number of ketones is 1. The Bertz CT molecular complexity index is 823. The van der Waals surface area contributed by atoms with Crippen LogP contribution in [0, 0.1) is 0 Å². The minimum absolute atomic E-state index is 0.163. The van der Waals surface area contributed by atoms with Crippen LogP contribution in [-0.4, -0.2) is 32.6 Å². The second-order valence-electron chi connectivity index (χ2n) is 5.06. The Kier molecular flexibility index (Phi) is 5.51. The molecule has 0 aliphatic carbocycles. The van der Waals surface area contributed by atoms with Crippen molar-refractivity contribution in [3.63, 3.8) is 0 Å². The lowest BCUT2D eigenvalue weighted by molar-refractivity contribution is 0.104. The molecule has 0 radical (unpaired) electrons. The molecule has 4 nitrogen and oxygen atoms in total. The quantitative estimate of drug-likeness (QED) is 0.575. The normalized spacial score (nSPS) is 12.0. The zero-order valence-electron chi connectivity index (χ0n) is 12.7. The van der Waals surface area contributed by atoms with Crippen LogP contribution in [0.15, 0.2) is 64.0 Å². The van der Waals surface area contributed by atoms with E-state index in [0.29, 0.717) is 5.56 Å². The van der Waals surface area contributed by atoms with Crippen LogP contribution in [0.2, 0.25) is 0 Å². The van der Waals surface area contributed by atoms with Crippen molar-refractivity contribution < 1.29 is 13.2 Å². The third-order valence-corrected chi connectivity index (χ3v) is 5.57. The SMILES string of the molecule is CN(C)S(=O)(=O)c1ccc(C(=O)C=Cc2ccc(Br)cc2)cc1. The summed E-state index contributed by atoms with van der Waals surface area (Å²) in [6.45, 7) is 0. The maximum Gasteiger partial charge on any atom is 0.242 e. The van der Waals surface area contributed by atoms with Crippen LogP contribution in [0.25, 0.3) is 6.08 Å². The van der Waals surface area contributed by atoms with Crippen molar-refractivity contribution in [1.82, 2.24) is 4.31 Å². The predicted octanol–water partition coefficient (Wildman–Crippen LogP) is 3.60. The number of allylic oxidation sites excluding steroid dienone is 1. The molecule has 0 fully saturated rings. The van der Waals surface area contributed by atoms with E-state index in [0.717, 1.165) is 14.3 Å². The molecular weight excluding hydrogens is 378 g/mol. The van der Waals surface area contributed by atoms with Crippen LogP contribution >= 0.6 is 15.9 Å². The van der Waals surface area contributed by atoms with Gasteiger partial charge in [-0.3, -0.25) is 4.79 Å². The Morgan fingerprint density at radius 3 is 2.09 bits per heavy atom. The van der Waals surface area contributed by atoms with Gasteiger partial charge in [-0.25, -0.2) is 12.7 Å². The van der Waals surface area contributed by atoms with Crippen molar-refractivity contribution in [3.8, 4) is 0 Å². The molecule has 0 saturated carbocycles. The molecule has 120 valence electrons. The maximum absolute atomic E-state index is 12.1. The van der Waals surface area contributed by atoms with Gasteiger partial charge in [-0.2, -0.15) is 0 Å². The number of nitrogens with zero attached hydrogens (tertiary/aromatic N) is 1. The van der Waals surface area contributed by atoms with Crippen molar-refractivity contribution in [2.75, 3.05) is 14.1 Å². The van der Waals surface area contributed by atoms with Gasteiger partial charge in [0.05, 0.1) is 4.90 Å². The molecule has 0 aliphatic heterocycles. The molecular formula is C17H16BrNO3S. The molecule has 2 aromatic rings. The topological polar surface area (TPSA) is 54.5 Å². The van der Waals surface area contributed by atoms with Crippen LogP contribution < -0.4 is 0 Å². The van der Waals surface area contributed by atoms with Gasteiger partial charge in [0, 0.05) is 24.1 Å². The summed E-state index contributed by atoms with van der Waals surface area (Å²) in [5, 5.41) is 0. The van der Waals surface area contributed by atoms with E-state index in [1.165, 1.54) is 44.4 Å². The summed E-state index contributed by atoms with van der Waals surface area (Å²) in [6, 6.07) is 13.5. The van der Waals surface area contributed by atoms with Crippen LogP contribution in [0.4, 0.5) is 0 Å². The molecule has 0 aliphatic rings. The van der Waals surface area contributed by atoms with Crippen molar-refractivity contribution >= 4 is 37.8 Å². The molecule has 6 heteroatoms. The van der Waals surface area contributed by atoms with Gasteiger partial charge in [0.25, 0.3) is 0 Å². The van der Waals surface area contributed by atoms with Gasteiger partial charge in [0.1, 0.15) is 0 Å². The summed E-state index contributed by atoms with van der Waals surface area (Å²) in [4.78, 5) is 12.3. The van der Waals surface area contributed by atoms with Crippen LogP contribution in [0.3, 0.4) is 0 Å². The number of halogens is 1. The first kappa shape index (κ1) is 17.6. The molecule has 0 amide bonds. The first-order valence-corrected chi connectivity index (χ1v) is 9.04. The lowest BCUT2D eigenvalue weighted by Gasteiger charge is -2.11. The molecule has 0 aromatic heterocycles. The second kappa shape index (κ2) is 7.21. The molecule has 0 unspecified atom stereocenters. The van der Waals surface area contributed by atoms with Crippen LogP contribution in [0.1, 0.15) is 15.9 Å². The van der Waals surface area contributed by atoms with E-state index in [4.69, 9.17) is 0 Å². The third kappa shape index (κ3) is 4.37. The largest absolute Gasteiger partial charge is 0.289 e. The van der Waals surface area contributed by atoms with Gasteiger partial charge < -0.3 is 0 Å². The summed E-state index contributed by atoms with van der Waals surface area (Å²) in [5.41, 5.74) is 1.35. The highest BCUT2D eigenvalue weighted by Crippen LogP contribution is 2.15. The monoisotopic (exact) mass is 393 g/mol. The fraction of sp³-hybridized carbons (Fsp3) is 0.118. The van der Waals surface area contributed by atoms with Gasteiger partial charge in [0.2, 0.25) is 10.0 Å². The van der Waals surface area contributed by atoms with E-state index < -0.39 is 10.0 Å². The molecule has 0 heterocycles. The highest BCUT2D eigenvalue weighted by atomic mass is 79.9. The van der Waals surface area contributed by atoms with Crippen LogP contribution in [0.5, 0.6) is 0 Å². The van der Waals surface area contributed by atoms with Crippen LogP contribution in [-0.2, 0) is 10.0 Å². The summed E-state index contributed by atoms with van der Waals surface area (Å²) < 4.78 is 26.1. The summed E-state index contributed by atoms with van der Waals surface area (Å²) in [5.74, 6) is -0.179. The van der Waals surface area contributed by atoms with E-state index in [1.807, 2.05) is 24.3 Å². The minimum atomic E-state index is -3.48. The second-order valence-corrected chi connectivity index (χ2v) is 8.13. The minimum Gasteiger partial charge on any atom is -0.289 e. The number of carbonyl (C=O) groups is 1. The molecule has 2 rings (SSSR count). The standard InChI is InChI=1S/C17H16BrNO3S/c1-19(2)23(21,22)16-10-6-14(7-11-16)17(20)12-5-13-3-8-15(18)9-4-13/h3-12H,1-2H3. The van der Waals surface area contributed by atoms with Gasteiger partial charge in [-0.05, 0) is 48.0 Å². The average Bonchev–Trinajstić information content (AvgIpc) is 2.54. The Morgan fingerprint density at radius 2 is 1.57 bits per heavy atom. The van der Waals surface area contributed by atoms with E-state index >= 15 is 0 Å². The van der Waals surface area contributed by atoms with Gasteiger partial charge in [-0.15, -0.1) is 0 Å². The zero-order valence-corrected chi connectivity index (χ0v) is 15.1. The van der Waals surface area contributed by atoms with Gasteiger partial charge >= 0.3 is 0 Å². The molecule has 0 saturated heterocycles. The Labute approximate surface area is 144 Å². The molecule has 0 bridgehead atoms. The van der Waals surface area contributed by atoms with E-state index in [9.17, 15) is 13.2 Å². The van der Waals surface area contributed by atoms with Crippen molar-refractivity contribution in [1.29, 1.82) is 0 Å². The molecule has 23 heavy (non-hydrogen) atoms. The molecule has 0 spiro atoms. The third-order valence-electron chi connectivity index (χ3n) is 3.21. The van der Waals surface area contributed by atoms with Gasteiger partial charge in [0.15, 0.2) is 5.78 Å². The number of rotatable bonds is 5. The molecule has 2 aromatic carbocycles. The highest BCUT2D eigenvalue weighted by molar-refractivity contribution is 9.10. The van der Waals surface area contributed by atoms with Crippen molar-refractivity contribution in [3.05, 3.63) is 70.2 Å². The number of carbonyl (C=O) groups excluding carboxylic acids is 1. The number of sulfonamides is 1.